The highest BCUT2D eigenvalue weighted by molar-refractivity contribution is 7.88. The van der Waals surface area contributed by atoms with Crippen LogP contribution in [0.1, 0.15) is 32.6 Å². The van der Waals surface area contributed by atoms with E-state index in [4.69, 9.17) is 0 Å². The maximum atomic E-state index is 13.2. The van der Waals surface area contributed by atoms with Crippen LogP contribution in [0.15, 0.2) is 60.7 Å². The Labute approximate surface area is 183 Å². The Balaban J connectivity index is 1.57. The maximum Gasteiger partial charge on any atom is 0.256 e. The molecule has 3 aromatic carbocycles. The lowest BCUT2D eigenvalue weighted by Crippen LogP contribution is -2.34. The minimum absolute atomic E-state index is 0.138. The Morgan fingerprint density at radius 1 is 0.871 bits per heavy atom. The summed E-state index contributed by atoms with van der Waals surface area (Å²) >= 11 is 0. The van der Waals surface area contributed by atoms with E-state index in [1.165, 1.54) is 11.8 Å². The van der Waals surface area contributed by atoms with Crippen molar-refractivity contribution in [2.75, 3.05) is 11.6 Å². The Morgan fingerprint density at radius 2 is 1.55 bits per heavy atom. The van der Waals surface area contributed by atoms with Crippen molar-refractivity contribution >= 4 is 21.6 Å². The Kier molecular flexibility index (Phi) is 5.69. The highest BCUT2D eigenvalue weighted by atomic mass is 32.2. The molecule has 0 aromatic heterocycles. The van der Waals surface area contributed by atoms with Crippen LogP contribution >= 0.6 is 0 Å². The highest BCUT2D eigenvalue weighted by Crippen LogP contribution is 2.28. The average molecular weight is 435 g/mol. The third kappa shape index (κ3) is 5.03. The number of fused-ring (bicyclic) bond motifs is 1. The summed E-state index contributed by atoms with van der Waals surface area (Å²) in [5.41, 5.74) is 7.58. The molecule has 0 heterocycles. The predicted octanol–water partition coefficient (Wildman–Crippen LogP) is 4.24. The molecule has 0 saturated carbocycles. The van der Waals surface area contributed by atoms with E-state index >= 15 is 0 Å². The van der Waals surface area contributed by atoms with Crippen LogP contribution in [-0.4, -0.2) is 26.6 Å². The second-order valence-corrected chi connectivity index (χ2v) is 10.1. The number of hydrogen-bond acceptors (Lipinski definition) is 3. The van der Waals surface area contributed by atoms with Crippen LogP contribution in [0, 0.1) is 13.8 Å². The van der Waals surface area contributed by atoms with Gasteiger partial charge in [0.2, 0.25) is 10.0 Å². The monoisotopic (exact) mass is 434 g/mol. The molecule has 3 aromatic rings. The molecule has 5 nitrogen and oxygen atoms in total. The van der Waals surface area contributed by atoms with E-state index in [1.807, 2.05) is 74.5 Å². The molecule has 1 amide bonds. The van der Waals surface area contributed by atoms with Crippen molar-refractivity contribution in [3.63, 3.8) is 0 Å². The number of sulfonamides is 1. The van der Waals surface area contributed by atoms with Gasteiger partial charge in [0.05, 0.1) is 6.26 Å². The van der Waals surface area contributed by atoms with Crippen molar-refractivity contribution in [3.8, 4) is 11.1 Å². The maximum absolute atomic E-state index is 13.2. The van der Waals surface area contributed by atoms with Crippen molar-refractivity contribution in [1.82, 2.24) is 4.72 Å². The molecule has 0 saturated heterocycles. The van der Waals surface area contributed by atoms with Gasteiger partial charge in [-0.05, 0) is 67.1 Å². The third-order valence-corrected chi connectivity index (χ3v) is 6.32. The number of nitrogens with one attached hydrogen (secondary N) is 2. The lowest BCUT2D eigenvalue weighted by Gasteiger charge is -2.13. The van der Waals surface area contributed by atoms with Gasteiger partial charge in [0.25, 0.3) is 5.91 Å². The summed E-state index contributed by atoms with van der Waals surface area (Å²) in [5.74, 6) is -0.164. The summed E-state index contributed by atoms with van der Waals surface area (Å²) in [4.78, 5) is 13.2. The van der Waals surface area contributed by atoms with Gasteiger partial charge in [-0.25, -0.2) is 13.1 Å². The molecule has 1 aliphatic carbocycles. The van der Waals surface area contributed by atoms with Gasteiger partial charge < -0.3 is 5.32 Å². The molecular formula is C25H26N2O3S. The van der Waals surface area contributed by atoms with Crippen LogP contribution < -0.4 is 10.0 Å². The summed E-state index contributed by atoms with van der Waals surface area (Å²) in [5, 5.41) is 3.02. The summed E-state index contributed by atoms with van der Waals surface area (Å²) in [6.45, 7) is 4.01. The molecule has 0 radical (unpaired) electrons. The number of hydrogen-bond donors (Lipinski definition) is 2. The van der Waals surface area contributed by atoms with Gasteiger partial charge in [0.1, 0.15) is 0 Å². The van der Waals surface area contributed by atoms with E-state index in [9.17, 15) is 13.2 Å². The molecule has 1 aliphatic rings. The van der Waals surface area contributed by atoms with Crippen molar-refractivity contribution in [3.05, 3.63) is 88.5 Å². The molecule has 0 aliphatic heterocycles. The molecule has 1 unspecified atom stereocenters. The smallest absolute Gasteiger partial charge is 0.256 e. The molecule has 6 heteroatoms. The Bertz CT molecular complexity index is 1250. The second-order valence-electron chi connectivity index (χ2n) is 8.35. The number of carbonyl (C=O) groups is 1. The zero-order valence-electron chi connectivity index (χ0n) is 17.9. The van der Waals surface area contributed by atoms with E-state index in [2.05, 4.69) is 10.0 Å². The van der Waals surface area contributed by atoms with E-state index in [0.29, 0.717) is 24.1 Å². The molecule has 4 rings (SSSR count). The Hall–Kier alpha value is -2.96. The first kappa shape index (κ1) is 21.3. The van der Waals surface area contributed by atoms with Gasteiger partial charge >= 0.3 is 0 Å². The minimum Gasteiger partial charge on any atom is -0.322 e. The van der Waals surface area contributed by atoms with E-state index in [-0.39, 0.29) is 11.9 Å². The fourth-order valence-corrected chi connectivity index (χ4v) is 4.88. The van der Waals surface area contributed by atoms with Crippen LogP contribution in [0.2, 0.25) is 0 Å². The topological polar surface area (TPSA) is 75.3 Å². The number of carbonyl (C=O) groups excluding carboxylic acids is 1. The summed E-state index contributed by atoms with van der Waals surface area (Å²) < 4.78 is 25.7. The van der Waals surface area contributed by atoms with Gasteiger partial charge in [0.15, 0.2) is 0 Å². The van der Waals surface area contributed by atoms with Crippen LogP contribution in [0.4, 0.5) is 5.69 Å². The average Bonchev–Trinajstić information content (AvgIpc) is 3.08. The highest BCUT2D eigenvalue weighted by Gasteiger charge is 2.24. The largest absolute Gasteiger partial charge is 0.322 e. The molecule has 0 fully saturated rings. The van der Waals surface area contributed by atoms with Crippen LogP contribution in [0.25, 0.3) is 11.1 Å². The standard InChI is InChI=1S/C25H26N2O3S/c1-16-4-7-18(8-5-16)23-11-6-17(2)12-24(23)25(28)26-21-10-9-19-13-22(15-20(19)14-21)27-31(3,29)30/h4-12,14,22,27H,13,15H2,1-3H3,(H,26,28). The molecule has 1 atom stereocenters. The van der Waals surface area contributed by atoms with Gasteiger partial charge in [-0.3, -0.25) is 4.79 Å². The molecule has 160 valence electrons. The van der Waals surface area contributed by atoms with Gasteiger partial charge in [-0.1, -0.05) is 53.6 Å². The minimum atomic E-state index is -3.25. The SMILES string of the molecule is Cc1ccc(-c2ccc(C)cc2C(=O)Nc2ccc3c(c2)CC(NS(C)(=O)=O)C3)cc1. The third-order valence-electron chi connectivity index (χ3n) is 5.56. The first-order valence-corrected chi connectivity index (χ1v) is 12.2. The zero-order valence-corrected chi connectivity index (χ0v) is 18.7. The van der Waals surface area contributed by atoms with Crippen molar-refractivity contribution in [2.24, 2.45) is 0 Å². The second kappa shape index (κ2) is 8.29. The summed E-state index contributed by atoms with van der Waals surface area (Å²) in [6, 6.07) is 19.7. The zero-order chi connectivity index (χ0) is 22.2. The Morgan fingerprint density at radius 3 is 2.26 bits per heavy atom. The first-order chi connectivity index (χ1) is 14.7. The van der Waals surface area contributed by atoms with Crippen molar-refractivity contribution in [2.45, 2.75) is 32.7 Å². The number of anilines is 1. The number of rotatable bonds is 5. The summed E-state index contributed by atoms with van der Waals surface area (Å²) in [6.07, 6.45) is 2.45. The molecule has 2 N–H and O–H groups in total. The van der Waals surface area contributed by atoms with E-state index < -0.39 is 10.0 Å². The number of benzene rings is 3. The van der Waals surface area contributed by atoms with Gasteiger partial charge in [-0.15, -0.1) is 0 Å². The van der Waals surface area contributed by atoms with Gasteiger partial charge in [0, 0.05) is 17.3 Å². The van der Waals surface area contributed by atoms with E-state index in [0.717, 1.165) is 27.8 Å². The molecular weight excluding hydrogens is 408 g/mol. The lowest BCUT2D eigenvalue weighted by molar-refractivity contribution is 0.102. The van der Waals surface area contributed by atoms with Crippen molar-refractivity contribution in [1.29, 1.82) is 0 Å². The van der Waals surface area contributed by atoms with Gasteiger partial charge in [-0.2, -0.15) is 0 Å². The molecule has 0 spiro atoms. The summed E-state index contributed by atoms with van der Waals surface area (Å²) in [7, 11) is -3.25. The van der Waals surface area contributed by atoms with Crippen LogP contribution in [-0.2, 0) is 22.9 Å². The molecule has 31 heavy (non-hydrogen) atoms. The number of aryl methyl sites for hydroxylation is 2. The van der Waals surface area contributed by atoms with E-state index in [1.54, 1.807) is 0 Å². The lowest BCUT2D eigenvalue weighted by atomic mass is 9.96. The van der Waals surface area contributed by atoms with Crippen LogP contribution in [0.3, 0.4) is 0 Å². The fourth-order valence-electron chi connectivity index (χ4n) is 4.11. The first-order valence-electron chi connectivity index (χ1n) is 10.3. The quantitative estimate of drug-likeness (QED) is 0.631. The normalized spacial score (nSPS) is 15.5. The predicted molar refractivity (Wildman–Crippen MR) is 125 cm³/mol. The van der Waals surface area contributed by atoms with Crippen molar-refractivity contribution < 1.29 is 13.2 Å². The fraction of sp³-hybridized carbons (Fsp3) is 0.240. The number of amides is 1. The van der Waals surface area contributed by atoms with Crippen LogP contribution in [0.5, 0.6) is 0 Å². The molecule has 0 bridgehead atoms.